The minimum Gasteiger partial charge on any atom is -0.381 e. The molecular formula is C13H27NO2. The van der Waals surface area contributed by atoms with Crippen LogP contribution in [0.4, 0.5) is 0 Å². The molecule has 0 saturated carbocycles. The molecule has 0 aliphatic carbocycles. The Hall–Kier alpha value is -0.120. The van der Waals surface area contributed by atoms with E-state index in [2.05, 4.69) is 26.1 Å². The second kappa shape index (κ2) is 7.25. The summed E-state index contributed by atoms with van der Waals surface area (Å²) in [6.45, 7) is 11.2. The van der Waals surface area contributed by atoms with Crippen molar-refractivity contribution < 1.29 is 9.47 Å². The molecule has 3 nitrogen and oxygen atoms in total. The van der Waals surface area contributed by atoms with Crippen LogP contribution in [0.25, 0.3) is 0 Å². The molecule has 1 atom stereocenters. The lowest BCUT2D eigenvalue weighted by Crippen LogP contribution is -2.41. The average Bonchev–Trinajstić information content (AvgIpc) is 2.35. The molecule has 1 aliphatic heterocycles. The molecule has 0 bridgehead atoms. The van der Waals surface area contributed by atoms with Crippen LogP contribution in [0, 0.1) is 5.92 Å². The fraction of sp³-hybridized carbons (Fsp3) is 1.00. The SMILES string of the molecule is CCNCC(C)(CC)OCC1CCOCC1. The summed E-state index contributed by atoms with van der Waals surface area (Å²) in [4.78, 5) is 0. The zero-order valence-electron chi connectivity index (χ0n) is 11.1. The standard InChI is InChI=1S/C13H27NO2/c1-4-13(3,11-14-5-2)16-10-12-6-8-15-9-7-12/h12,14H,4-11H2,1-3H3. The molecule has 3 heteroatoms. The van der Waals surface area contributed by atoms with E-state index >= 15 is 0 Å². The highest BCUT2D eigenvalue weighted by molar-refractivity contribution is 4.77. The first-order valence-corrected chi connectivity index (χ1v) is 6.62. The van der Waals surface area contributed by atoms with Gasteiger partial charge in [0, 0.05) is 19.8 Å². The van der Waals surface area contributed by atoms with Crippen molar-refractivity contribution in [2.45, 2.75) is 45.6 Å². The van der Waals surface area contributed by atoms with Crippen molar-refractivity contribution in [1.82, 2.24) is 5.32 Å². The van der Waals surface area contributed by atoms with Crippen LogP contribution >= 0.6 is 0 Å². The van der Waals surface area contributed by atoms with E-state index in [0.29, 0.717) is 5.92 Å². The molecule has 0 spiro atoms. The van der Waals surface area contributed by atoms with Crippen LogP contribution in [0.5, 0.6) is 0 Å². The third-order valence-corrected chi connectivity index (χ3v) is 3.51. The van der Waals surface area contributed by atoms with Crippen molar-refractivity contribution in [2.24, 2.45) is 5.92 Å². The first-order chi connectivity index (χ1) is 7.70. The van der Waals surface area contributed by atoms with Crippen molar-refractivity contribution in [3.63, 3.8) is 0 Å². The molecule has 0 aromatic carbocycles. The minimum atomic E-state index is -0.00564. The van der Waals surface area contributed by atoms with Gasteiger partial charge in [0.05, 0.1) is 12.2 Å². The van der Waals surface area contributed by atoms with Gasteiger partial charge in [-0.15, -0.1) is 0 Å². The number of nitrogens with one attached hydrogen (secondary N) is 1. The molecule has 1 rings (SSSR count). The highest BCUT2D eigenvalue weighted by Gasteiger charge is 2.24. The molecule has 1 N–H and O–H groups in total. The van der Waals surface area contributed by atoms with Crippen LogP contribution < -0.4 is 5.32 Å². The third kappa shape index (κ3) is 4.81. The number of hydrogen-bond donors (Lipinski definition) is 1. The maximum absolute atomic E-state index is 6.10. The van der Waals surface area contributed by atoms with Crippen LogP contribution in [0.3, 0.4) is 0 Å². The van der Waals surface area contributed by atoms with Gasteiger partial charge in [0.2, 0.25) is 0 Å². The molecule has 1 heterocycles. The van der Waals surface area contributed by atoms with Gasteiger partial charge in [0.15, 0.2) is 0 Å². The van der Waals surface area contributed by atoms with Crippen molar-refractivity contribution in [1.29, 1.82) is 0 Å². The highest BCUT2D eigenvalue weighted by atomic mass is 16.5. The summed E-state index contributed by atoms with van der Waals surface area (Å²) >= 11 is 0. The molecule has 0 amide bonds. The Balaban J connectivity index is 2.25. The molecule has 16 heavy (non-hydrogen) atoms. The van der Waals surface area contributed by atoms with E-state index in [9.17, 15) is 0 Å². The molecule has 1 fully saturated rings. The summed E-state index contributed by atoms with van der Waals surface area (Å²) in [7, 11) is 0. The Bertz CT molecular complexity index is 181. The summed E-state index contributed by atoms with van der Waals surface area (Å²) in [6, 6.07) is 0. The van der Waals surface area contributed by atoms with E-state index in [1.807, 2.05) is 0 Å². The molecule has 0 aromatic rings. The van der Waals surface area contributed by atoms with E-state index < -0.39 is 0 Å². The number of likely N-dealkylation sites (N-methyl/N-ethyl adjacent to an activating group) is 1. The lowest BCUT2D eigenvalue weighted by molar-refractivity contribution is -0.0658. The summed E-state index contributed by atoms with van der Waals surface area (Å²) in [5, 5.41) is 3.38. The van der Waals surface area contributed by atoms with Gasteiger partial charge in [0.1, 0.15) is 0 Å². The van der Waals surface area contributed by atoms with Crippen LogP contribution in [0.15, 0.2) is 0 Å². The highest BCUT2D eigenvalue weighted by Crippen LogP contribution is 2.20. The van der Waals surface area contributed by atoms with Gasteiger partial charge in [-0.05, 0) is 38.6 Å². The lowest BCUT2D eigenvalue weighted by atomic mass is 9.99. The molecule has 96 valence electrons. The Kier molecular flexibility index (Phi) is 6.32. The van der Waals surface area contributed by atoms with Crippen LogP contribution in [-0.4, -0.2) is 38.5 Å². The lowest BCUT2D eigenvalue weighted by Gasteiger charge is -2.32. The fourth-order valence-corrected chi connectivity index (χ4v) is 1.90. The number of rotatable bonds is 7. The van der Waals surface area contributed by atoms with Crippen molar-refractivity contribution in [2.75, 3.05) is 32.9 Å². The van der Waals surface area contributed by atoms with Gasteiger partial charge in [-0.25, -0.2) is 0 Å². The maximum atomic E-state index is 6.10. The summed E-state index contributed by atoms with van der Waals surface area (Å²) in [5.41, 5.74) is -0.00564. The van der Waals surface area contributed by atoms with Gasteiger partial charge in [-0.2, -0.15) is 0 Å². The van der Waals surface area contributed by atoms with E-state index in [0.717, 1.165) is 52.2 Å². The molecule has 0 aromatic heterocycles. The van der Waals surface area contributed by atoms with E-state index in [1.54, 1.807) is 0 Å². The van der Waals surface area contributed by atoms with E-state index in [-0.39, 0.29) is 5.60 Å². The summed E-state index contributed by atoms with van der Waals surface area (Å²) in [5.74, 6) is 0.696. The normalized spacial score (nSPS) is 21.9. The first kappa shape index (κ1) is 13.9. The first-order valence-electron chi connectivity index (χ1n) is 6.62. The molecule has 0 radical (unpaired) electrons. The van der Waals surface area contributed by atoms with Crippen molar-refractivity contribution >= 4 is 0 Å². The monoisotopic (exact) mass is 229 g/mol. The topological polar surface area (TPSA) is 30.5 Å². The quantitative estimate of drug-likeness (QED) is 0.726. The average molecular weight is 229 g/mol. The Labute approximate surface area is 99.9 Å². The maximum Gasteiger partial charge on any atom is 0.0775 e. The summed E-state index contributed by atoms with van der Waals surface area (Å²) < 4.78 is 11.5. The fourth-order valence-electron chi connectivity index (χ4n) is 1.90. The van der Waals surface area contributed by atoms with Gasteiger partial charge in [0.25, 0.3) is 0 Å². The van der Waals surface area contributed by atoms with E-state index in [1.165, 1.54) is 0 Å². The predicted octanol–water partition coefficient (Wildman–Crippen LogP) is 2.21. The molecule has 1 unspecified atom stereocenters. The third-order valence-electron chi connectivity index (χ3n) is 3.51. The Morgan fingerprint density at radius 2 is 2.00 bits per heavy atom. The Morgan fingerprint density at radius 1 is 1.31 bits per heavy atom. The van der Waals surface area contributed by atoms with E-state index in [4.69, 9.17) is 9.47 Å². The second-order valence-corrected chi connectivity index (χ2v) is 4.95. The summed E-state index contributed by atoms with van der Waals surface area (Å²) in [6.07, 6.45) is 3.37. The number of ether oxygens (including phenoxy) is 2. The zero-order valence-corrected chi connectivity index (χ0v) is 11.1. The zero-order chi connectivity index (χ0) is 11.9. The largest absolute Gasteiger partial charge is 0.381 e. The molecule has 1 saturated heterocycles. The van der Waals surface area contributed by atoms with Gasteiger partial charge < -0.3 is 14.8 Å². The van der Waals surface area contributed by atoms with Crippen LogP contribution in [-0.2, 0) is 9.47 Å². The van der Waals surface area contributed by atoms with Gasteiger partial charge >= 0.3 is 0 Å². The molecular weight excluding hydrogens is 202 g/mol. The smallest absolute Gasteiger partial charge is 0.0775 e. The van der Waals surface area contributed by atoms with Crippen molar-refractivity contribution in [3.05, 3.63) is 0 Å². The predicted molar refractivity (Wildman–Crippen MR) is 66.7 cm³/mol. The van der Waals surface area contributed by atoms with Crippen LogP contribution in [0.1, 0.15) is 40.0 Å². The minimum absolute atomic E-state index is 0.00564. The van der Waals surface area contributed by atoms with Crippen molar-refractivity contribution in [3.8, 4) is 0 Å². The molecule has 1 aliphatic rings. The number of hydrogen-bond acceptors (Lipinski definition) is 3. The van der Waals surface area contributed by atoms with Crippen LogP contribution in [0.2, 0.25) is 0 Å². The second-order valence-electron chi connectivity index (χ2n) is 4.95. The van der Waals surface area contributed by atoms with Gasteiger partial charge in [-0.1, -0.05) is 13.8 Å². The Morgan fingerprint density at radius 3 is 2.56 bits per heavy atom. The van der Waals surface area contributed by atoms with Gasteiger partial charge in [-0.3, -0.25) is 0 Å².